The molecule has 1 fully saturated rings. The molecule has 10 heteroatoms. The lowest BCUT2D eigenvalue weighted by molar-refractivity contribution is -0.150. The lowest BCUT2D eigenvalue weighted by Gasteiger charge is -2.39. The third-order valence-electron chi connectivity index (χ3n) is 6.52. The van der Waals surface area contributed by atoms with Gasteiger partial charge in [0, 0.05) is 24.3 Å². The predicted octanol–water partition coefficient (Wildman–Crippen LogP) is 4.10. The van der Waals surface area contributed by atoms with Crippen LogP contribution >= 0.6 is 0 Å². The zero-order valence-corrected chi connectivity index (χ0v) is 18.5. The van der Waals surface area contributed by atoms with E-state index in [2.05, 4.69) is 0 Å². The summed E-state index contributed by atoms with van der Waals surface area (Å²) < 4.78 is 51.6. The maximum Gasteiger partial charge on any atom is 0.416 e. The van der Waals surface area contributed by atoms with Crippen LogP contribution in [0, 0.1) is 5.41 Å². The Kier molecular flexibility index (Phi) is 6.55. The van der Waals surface area contributed by atoms with E-state index in [9.17, 15) is 22.8 Å². The molecule has 182 valence electrons. The summed E-state index contributed by atoms with van der Waals surface area (Å²) in [6, 6.07) is 8.65. The lowest BCUT2D eigenvalue weighted by atomic mass is 9.80. The summed E-state index contributed by atoms with van der Waals surface area (Å²) in [6.07, 6.45) is -3.53. The standard InChI is InChI=1S/C24H25F3N2O5/c1-23(7-9-33-10-8-23)22(31)29-13-17-6-5-16(21(30)28-32)12-20(17)34-14-19(29)15-3-2-4-18(11-15)24(25,26)27/h2-6,11-12,19,32H,7-10,13-14H2,1H3,(H,28,30)/t19-/m1/s1. The second-order valence-electron chi connectivity index (χ2n) is 8.82. The first-order valence-electron chi connectivity index (χ1n) is 10.9. The number of carbonyl (C=O) groups excluding carboxylic acids is 2. The van der Waals surface area contributed by atoms with Gasteiger partial charge in [0.2, 0.25) is 5.91 Å². The molecule has 2 amide bonds. The van der Waals surface area contributed by atoms with Gasteiger partial charge in [0.25, 0.3) is 5.91 Å². The lowest BCUT2D eigenvalue weighted by Crippen LogP contribution is -2.47. The quantitative estimate of drug-likeness (QED) is 0.512. The van der Waals surface area contributed by atoms with Gasteiger partial charge in [0.05, 0.1) is 23.6 Å². The van der Waals surface area contributed by atoms with Crippen LogP contribution in [0.2, 0.25) is 0 Å². The third kappa shape index (κ3) is 4.74. The first-order chi connectivity index (χ1) is 16.1. The number of nitrogens with zero attached hydrogens (tertiary/aromatic N) is 1. The summed E-state index contributed by atoms with van der Waals surface area (Å²) in [6.45, 7) is 2.69. The molecule has 2 heterocycles. The Morgan fingerprint density at radius 2 is 1.88 bits per heavy atom. The number of hydrogen-bond acceptors (Lipinski definition) is 5. The van der Waals surface area contributed by atoms with Crippen molar-refractivity contribution in [3.05, 3.63) is 64.7 Å². The first kappa shape index (κ1) is 24.0. The number of halogens is 3. The number of rotatable bonds is 3. The zero-order valence-electron chi connectivity index (χ0n) is 18.5. The number of carbonyl (C=O) groups is 2. The molecule has 0 aliphatic carbocycles. The molecule has 2 aromatic rings. The highest BCUT2D eigenvalue weighted by Crippen LogP contribution is 2.40. The number of nitrogens with one attached hydrogen (secondary N) is 1. The Morgan fingerprint density at radius 3 is 2.56 bits per heavy atom. The summed E-state index contributed by atoms with van der Waals surface area (Å²) in [4.78, 5) is 27.2. The SMILES string of the molecule is CC1(C(=O)N2Cc3ccc(C(=O)NO)cc3OC[C@@H]2c2cccc(C(F)(F)F)c2)CCOCC1. The number of fused-ring (bicyclic) bond motifs is 1. The van der Waals surface area contributed by atoms with E-state index in [1.54, 1.807) is 22.5 Å². The molecular weight excluding hydrogens is 453 g/mol. The van der Waals surface area contributed by atoms with Crippen LogP contribution in [0.3, 0.4) is 0 Å². The van der Waals surface area contributed by atoms with E-state index in [0.29, 0.717) is 42.9 Å². The minimum atomic E-state index is -4.53. The number of ether oxygens (including phenoxy) is 2. The number of alkyl halides is 3. The molecule has 0 unspecified atom stereocenters. The molecular formula is C24H25F3N2O5. The largest absolute Gasteiger partial charge is 0.491 e. The molecule has 7 nitrogen and oxygen atoms in total. The molecule has 0 aromatic heterocycles. The number of hydrogen-bond donors (Lipinski definition) is 2. The van der Waals surface area contributed by atoms with Crippen LogP contribution in [0.4, 0.5) is 13.2 Å². The van der Waals surface area contributed by atoms with Crippen molar-refractivity contribution in [3.63, 3.8) is 0 Å². The Bertz CT molecular complexity index is 1080. The molecule has 0 radical (unpaired) electrons. The van der Waals surface area contributed by atoms with Gasteiger partial charge >= 0.3 is 6.18 Å². The van der Waals surface area contributed by atoms with Gasteiger partial charge in [-0.05, 0) is 42.7 Å². The zero-order chi connectivity index (χ0) is 24.5. The topological polar surface area (TPSA) is 88.1 Å². The van der Waals surface area contributed by atoms with E-state index in [4.69, 9.17) is 14.7 Å². The van der Waals surface area contributed by atoms with Crippen LogP contribution in [-0.4, -0.2) is 41.7 Å². The normalized spacial score (nSPS) is 20.0. The first-order valence-corrected chi connectivity index (χ1v) is 10.9. The fourth-order valence-electron chi connectivity index (χ4n) is 4.37. The highest BCUT2D eigenvalue weighted by Gasteiger charge is 2.42. The fraction of sp³-hybridized carbons (Fsp3) is 0.417. The van der Waals surface area contributed by atoms with E-state index in [-0.39, 0.29) is 24.6 Å². The van der Waals surface area contributed by atoms with E-state index in [1.807, 2.05) is 6.92 Å². The molecule has 1 saturated heterocycles. The molecule has 0 saturated carbocycles. The van der Waals surface area contributed by atoms with Gasteiger partial charge in [0.15, 0.2) is 0 Å². The molecule has 0 bridgehead atoms. The minimum absolute atomic E-state index is 0.0898. The van der Waals surface area contributed by atoms with Gasteiger partial charge < -0.3 is 14.4 Å². The molecule has 34 heavy (non-hydrogen) atoms. The Hall–Kier alpha value is -3.11. The average molecular weight is 478 g/mol. The van der Waals surface area contributed by atoms with Crippen LogP contribution in [0.15, 0.2) is 42.5 Å². The molecule has 2 aliphatic rings. The van der Waals surface area contributed by atoms with Crippen molar-refractivity contribution < 1.29 is 37.4 Å². The van der Waals surface area contributed by atoms with Crippen molar-refractivity contribution in [1.29, 1.82) is 0 Å². The smallest absolute Gasteiger partial charge is 0.416 e. The van der Waals surface area contributed by atoms with Gasteiger partial charge in [-0.15, -0.1) is 0 Å². The van der Waals surface area contributed by atoms with E-state index in [1.165, 1.54) is 18.2 Å². The Labute approximate surface area is 194 Å². The monoisotopic (exact) mass is 478 g/mol. The maximum absolute atomic E-state index is 13.8. The Morgan fingerprint density at radius 1 is 1.15 bits per heavy atom. The predicted molar refractivity (Wildman–Crippen MR) is 114 cm³/mol. The van der Waals surface area contributed by atoms with E-state index >= 15 is 0 Å². The maximum atomic E-state index is 13.8. The highest BCUT2D eigenvalue weighted by molar-refractivity contribution is 5.94. The number of amides is 2. The van der Waals surface area contributed by atoms with Crippen molar-refractivity contribution in [2.75, 3.05) is 19.8 Å². The third-order valence-corrected chi connectivity index (χ3v) is 6.52. The highest BCUT2D eigenvalue weighted by atomic mass is 19.4. The Balaban J connectivity index is 1.75. The second kappa shape index (κ2) is 9.27. The summed E-state index contributed by atoms with van der Waals surface area (Å²) >= 11 is 0. The molecule has 2 aromatic carbocycles. The van der Waals surface area contributed by atoms with Crippen LogP contribution in [0.1, 0.15) is 52.9 Å². The van der Waals surface area contributed by atoms with Crippen molar-refractivity contribution in [1.82, 2.24) is 10.4 Å². The molecule has 4 rings (SSSR count). The van der Waals surface area contributed by atoms with Crippen LogP contribution in [0.5, 0.6) is 5.75 Å². The second-order valence-corrected chi connectivity index (χ2v) is 8.82. The summed E-state index contributed by atoms with van der Waals surface area (Å²) in [5, 5.41) is 8.92. The van der Waals surface area contributed by atoms with E-state index < -0.39 is 29.1 Å². The summed E-state index contributed by atoms with van der Waals surface area (Å²) in [5.74, 6) is -0.593. The van der Waals surface area contributed by atoms with Crippen LogP contribution < -0.4 is 10.2 Å². The van der Waals surface area contributed by atoms with Crippen molar-refractivity contribution in [2.24, 2.45) is 5.41 Å². The molecule has 0 spiro atoms. The minimum Gasteiger partial charge on any atom is -0.491 e. The van der Waals surface area contributed by atoms with Gasteiger partial charge in [-0.1, -0.05) is 25.1 Å². The molecule has 1 atom stereocenters. The summed E-state index contributed by atoms with van der Waals surface area (Å²) in [5.41, 5.74) is 1.08. The number of hydroxylamine groups is 1. The average Bonchev–Trinajstić information content (AvgIpc) is 3.02. The molecule has 2 N–H and O–H groups in total. The fourth-order valence-corrected chi connectivity index (χ4v) is 4.37. The summed E-state index contributed by atoms with van der Waals surface area (Å²) in [7, 11) is 0. The number of benzene rings is 2. The van der Waals surface area contributed by atoms with Gasteiger partial charge in [-0.25, -0.2) is 5.48 Å². The van der Waals surface area contributed by atoms with Gasteiger partial charge in [-0.2, -0.15) is 13.2 Å². The van der Waals surface area contributed by atoms with Gasteiger partial charge in [-0.3, -0.25) is 14.8 Å². The van der Waals surface area contributed by atoms with Crippen molar-refractivity contribution >= 4 is 11.8 Å². The van der Waals surface area contributed by atoms with Crippen molar-refractivity contribution in [3.8, 4) is 5.75 Å². The van der Waals surface area contributed by atoms with Crippen LogP contribution in [-0.2, 0) is 22.3 Å². The molecule has 2 aliphatic heterocycles. The van der Waals surface area contributed by atoms with Crippen molar-refractivity contribution in [2.45, 2.75) is 38.5 Å². The van der Waals surface area contributed by atoms with Gasteiger partial charge in [0.1, 0.15) is 12.4 Å². The van der Waals surface area contributed by atoms with Crippen LogP contribution in [0.25, 0.3) is 0 Å². The van der Waals surface area contributed by atoms with E-state index in [0.717, 1.165) is 12.1 Å².